The quantitative estimate of drug-likeness (QED) is 0.441. The number of hydrogen-bond acceptors (Lipinski definition) is 4. The Morgan fingerprint density at radius 1 is 0.935 bits per heavy atom. The maximum atomic E-state index is 12.3. The van der Waals surface area contributed by atoms with Crippen molar-refractivity contribution in [3.05, 3.63) is 72.8 Å². The molecule has 0 saturated carbocycles. The van der Waals surface area contributed by atoms with Crippen molar-refractivity contribution in [2.45, 2.75) is 26.5 Å². The van der Waals surface area contributed by atoms with E-state index >= 15 is 0 Å². The molecule has 158 valence electrons. The molecule has 0 aliphatic carbocycles. The molecule has 0 bridgehead atoms. The summed E-state index contributed by atoms with van der Waals surface area (Å²) in [5.74, 6) is -0.435. The number of ether oxygens (including phenoxy) is 2. The molecular formula is C25H24N2O4. The summed E-state index contributed by atoms with van der Waals surface area (Å²) < 4.78 is 12.9. The first-order chi connectivity index (χ1) is 15.1. The summed E-state index contributed by atoms with van der Waals surface area (Å²) >= 11 is 0. The Bertz CT molecular complexity index is 1230. The molecule has 0 spiro atoms. The first-order valence-electron chi connectivity index (χ1n) is 10.3. The number of esters is 1. The third kappa shape index (κ3) is 4.38. The number of fused-ring (bicyclic) bond motifs is 3. The number of anilines is 1. The van der Waals surface area contributed by atoms with Crippen LogP contribution in [0.5, 0.6) is 5.75 Å². The smallest absolute Gasteiger partial charge is 0.347 e. The van der Waals surface area contributed by atoms with E-state index in [4.69, 9.17) is 9.47 Å². The Morgan fingerprint density at radius 3 is 2.42 bits per heavy atom. The Hall–Kier alpha value is -3.80. The normalized spacial score (nSPS) is 11.9. The highest BCUT2D eigenvalue weighted by molar-refractivity contribution is 6.09. The molecular weight excluding hydrogens is 392 g/mol. The maximum Gasteiger partial charge on any atom is 0.347 e. The summed E-state index contributed by atoms with van der Waals surface area (Å²) in [4.78, 5) is 24.5. The van der Waals surface area contributed by atoms with Crippen LogP contribution in [0.3, 0.4) is 0 Å². The van der Waals surface area contributed by atoms with Gasteiger partial charge in [0.25, 0.3) is 5.91 Å². The Morgan fingerprint density at radius 2 is 1.65 bits per heavy atom. The second-order valence-corrected chi connectivity index (χ2v) is 7.22. The molecule has 1 aromatic heterocycles. The molecule has 0 saturated heterocycles. The Balaban J connectivity index is 1.40. The second-order valence-electron chi connectivity index (χ2n) is 7.22. The van der Waals surface area contributed by atoms with Gasteiger partial charge in [-0.1, -0.05) is 36.4 Å². The molecule has 0 aliphatic rings. The fourth-order valence-electron chi connectivity index (χ4n) is 3.67. The minimum atomic E-state index is -0.813. The van der Waals surface area contributed by atoms with E-state index in [1.807, 2.05) is 48.5 Å². The molecule has 31 heavy (non-hydrogen) atoms. The number of amides is 1. The number of nitrogens with one attached hydrogen (secondary N) is 1. The standard InChI is InChI=1S/C25H24N2O4/c1-3-27-22-12-8-7-11-20(22)21-15-18(13-14-23(21)27)26-24(28)16-30-25(29)17(2)31-19-9-5-4-6-10-19/h4-15,17H,3,16H2,1-2H3,(H,26,28). The van der Waals surface area contributed by atoms with Crippen LogP contribution in [0.25, 0.3) is 21.8 Å². The minimum Gasteiger partial charge on any atom is -0.479 e. The fraction of sp³-hybridized carbons (Fsp3) is 0.200. The van der Waals surface area contributed by atoms with Gasteiger partial charge in [0.1, 0.15) is 5.75 Å². The molecule has 3 aromatic carbocycles. The average molecular weight is 416 g/mol. The molecule has 0 aliphatic heterocycles. The van der Waals surface area contributed by atoms with Crippen LogP contribution in [-0.4, -0.2) is 29.2 Å². The average Bonchev–Trinajstić information content (AvgIpc) is 3.11. The fourth-order valence-corrected chi connectivity index (χ4v) is 3.67. The van der Waals surface area contributed by atoms with Gasteiger partial charge in [0.2, 0.25) is 0 Å². The van der Waals surface area contributed by atoms with E-state index in [1.165, 1.54) is 0 Å². The number of carbonyl (C=O) groups is 2. The number of aromatic nitrogens is 1. The van der Waals surface area contributed by atoms with Gasteiger partial charge in [0.05, 0.1) is 0 Å². The molecule has 0 radical (unpaired) electrons. The Kier molecular flexibility index (Phi) is 5.89. The van der Waals surface area contributed by atoms with Crippen molar-refractivity contribution in [2.75, 3.05) is 11.9 Å². The van der Waals surface area contributed by atoms with Crippen molar-refractivity contribution in [3.63, 3.8) is 0 Å². The van der Waals surface area contributed by atoms with Crippen molar-refractivity contribution >= 4 is 39.4 Å². The third-order valence-electron chi connectivity index (χ3n) is 5.11. The molecule has 0 fully saturated rings. The van der Waals surface area contributed by atoms with Crippen LogP contribution in [0.2, 0.25) is 0 Å². The summed E-state index contributed by atoms with van der Waals surface area (Å²) in [7, 11) is 0. The molecule has 1 amide bonds. The predicted octanol–water partition coefficient (Wildman–Crippen LogP) is 4.76. The van der Waals surface area contributed by atoms with E-state index in [2.05, 4.69) is 28.9 Å². The zero-order chi connectivity index (χ0) is 21.8. The first-order valence-corrected chi connectivity index (χ1v) is 10.3. The Labute approximate surface area is 180 Å². The molecule has 6 nitrogen and oxygen atoms in total. The summed E-state index contributed by atoms with van der Waals surface area (Å²) in [6, 6.07) is 23.0. The van der Waals surface area contributed by atoms with E-state index < -0.39 is 18.0 Å². The van der Waals surface area contributed by atoms with E-state index in [9.17, 15) is 9.59 Å². The molecule has 6 heteroatoms. The lowest BCUT2D eigenvalue weighted by Gasteiger charge is -2.14. The first kappa shape index (κ1) is 20.5. The molecule has 1 atom stereocenters. The summed E-state index contributed by atoms with van der Waals surface area (Å²) in [5.41, 5.74) is 2.92. The number of nitrogens with zero attached hydrogens (tertiary/aromatic N) is 1. The van der Waals surface area contributed by atoms with Crippen molar-refractivity contribution in [2.24, 2.45) is 0 Å². The number of aryl methyl sites for hydroxylation is 1. The summed E-state index contributed by atoms with van der Waals surface area (Å²) in [6.07, 6.45) is -0.813. The minimum absolute atomic E-state index is 0.379. The van der Waals surface area contributed by atoms with Gasteiger partial charge in [-0.2, -0.15) is 0 Å². The number of hydrogen-bond donors (Lipinski definition) is 1. The van der Waals surface area contributed by atoms with Crippen molar-refractivity contribution < 1.29 is 19.1 Å². The van der Waals surface area contributed by atoms with Gasteiger partial charge in [-0.05, 0) is 50.2 Å². The molecule has 1 N–H and O–H groups in total. The van der Waals surface area contributed by atoms with E-state index in [0.717, 1.165) is 28.4 Å². The van der Waals surface area contributed by atoms with E-state index in [-0.39, 0.29) is 6.61 Å². The predicted molar refractivity (Wildman–Crippen MR) is 121 cm³/mol. The van der Waals surface area contributed by atoms with Gasteiger partial charge < -0.3 is 19.4 Å². The third-order valence-corrected chi connectivity index (χ3v) is 5.11. The molecule has 1 unspecified atom stereocenters. The molecule has 1 heterocycles. The molecule has 4 aromatic rings. The lowest BCUT2D eigenvalue weighted by molar-refractivity contribution is -0.153. The monoisotopic (exact) mass is 416 g/mol. The van der Waals surface area contributed by atoms with E-state index in [0.29, 0.717) is 11.4 Å². The van der Waals surface area contributed by atoms with Gasteiger partial charge in [0, 0.05) is 34.0 Å². The molecule has 4 rings (SSSR count). The highest BCUT2D eigenvalue weighted by Crippen LogP contribution is 2.30. The van der Waals surface area contributed by atoms with Crippen LogP contribution in [0.15, 0.2) is 72.8 Å². The zero-order valence-corrected chi connectivity index (χ0v) is 17.5. The van der Waals surface area contributed by atoms with Crippen LogP contribution in [0.4, 0.5) is 5.69 Å². The van der Waals surface area contributed by atoms with Crippen LogP contribution in [0.1, 0.15) is 13.8 Å². The van der Waals surface area contributed by atoms with Gasteiger partial charge in [-0.15, -0.1) is 0 Å². The SMILES string of the molecule is CCn1c2ccccc2c2cc(NC(=O)COC(=O)C(C)Oc3ccccc3)ccc21. The number of para-hydroxylation sites is 2. The van der Waals surface area contributed by atoms with Crippen LogP contribution in [0, 0.1) is 0 Å². The summed E-state index contributed by atoms with van der Waals surface area (Å²) in [5, 5.41) is 5.00. The van der Waals surface area contributed by atoms with E-state index in [1.54, 1.807) is 19.1 Å². The lowest BCUT2D eigenvalue weighted by Crippen LogP contribution is -2.29. The van der Waals surface area contributed by atoms with Crippen LogP contribution < -0.4 is 10.1 Å². The van der Waals surface area contributed by atoms with Crippen molar-refractivity contribution in [3.8, 4) is 5.75 Å². The number of carbonyl (C=O) groups excluding carboxylic acids is 2. The number of benzene rings is 3. The van der Waals surface area contributed by atoms with Gasteiger partial charge in [-0.25, -0.2) is 4.79 Å². The highest BCUT2D eigenvalue weighted by Gasteiger charge is 2.18. The largest absolute Gasteiger partial charge is 0.479 e. The maximum absolute atomic E-state index is 12.3. The second kappa shape index (κ2) is 8.92. The number of rotatable bonds is 7. The van der Waals surface area contributed by atoms with Gasteiger partial charge >= 0.3 is 5.97 Å². The van der Waals surface area contributed by atoms with Gasteiger partial charge in [-0.3, -0.25) is 4.79 Å². The lowest BCUT2D eigenvalue weighted by atomic mass is 10.1. The zero-order valence-electron chi connectivity index (χ0n) is 17.5. The topological polar surface area (TPSA) is 69.6 Å². The highest BCUT2D eigenvalue weighted by atomic mass is 16.6. The van der Waals surface area contributed by atoms with Crippen LogP contribution >= 0.6 is 0 Å². The summed E-state index contributed by atoms with van der Waals surface area (Å²) in [6.45, 7) is 4.17. The van der Waals surface area contributed by atoms with Crippen molar-refractivity contribution in [1.82, 2.24) is 4.57 Å². The van der Waals surface area contributed by atoms with Crippen molar-refractivity contribution in [1.29, 1.82) is 0 Å². The van der Waals surface area contributed by atoms with Gasteiger partial charge in [0.15, 0.2) is 12.7 Å². The van der Waals surface area contributed by atoms with Crippen LogP contribution in [-0.2, 0) is 20.9 Å².